The molecule has 3 aromatic rings. The summed E-state index contributed by atoms with van der Waals surface area (Å²) in [7, 11) is 0. The van der Waals surface area contributed by atoms with Crippen LogP contribution in [0.1, 0.15) is 37.3 Å². The van der Waals surface area contributed by atoms with Gasteiger partial charge in [0.2, 0.25) is 0 Å². The van der Waals surface area contributed by atoms with Gasteiger partial charge >= 0.3 is 12.2 Å². The summed E-state index contributed by atoms with van der Waals surface area (Å²) in [6, 6.07) is 21.1. The highest BCUT2D eigenvalue weighted by Gasteiger charge is 2.29. The lowest BCUT2D eigenvalue weighted by molar-refractivity contribution is -0.384. The van der Waals surface area contributed by atoms with Crippen molar-refractivity contribution >= 4 is 17.9 Å². The number of hydrogen-bond donors (Lipinski definition) is 2. The summed E-state index contributed by atoms with van der Waals surface area (Å²) < 4.78 is 10.8. The number of non-ortho nitro benzene ring substituents is 1. The van der Waals surface area contributed by atoms with Crippen molar-refractivity contribution < 1.29 is 24.0 Å². The molecule has 1 atom stereocenters. The van der Waals surface area contributed by atoms with Gasteiger partial charge in [-0.3, -0.25) is 10.1 Å². The first-order valence-electron chi connectivity index (χ1n) is 12.1. The molecule has 192 valence electrons. The van der Waals surface area contributed by atoms with Gasteiger partial charge in [0.05, 0.1) is 4.92 Å². The second-order valence-electron chi connectivity index (χ2n) is 9.32. The third-order valence-electron chi connectivity index (χ3n) is 6.17. The van der Waals surface area contributed by atoms with Gasteiger partial charge in [-0.15, -0.1) is 0 Å². The van der Waals surface area contributed by atoms with E-state index in [2.05, 4.69) is 34.9 Å². The molecule has 0 bridgehead atoms. The van der Waals surface area contributed by atoms with Crippen LogP contribution in [0.3, 0.4) is 0 Å². The number of ether oxygens (including phenoxy) is 2. The summed E-state index contributed by atoms with van der Waals surface area (Å²) in [5.74, 6) is 0.385. The molecule has 1 aliphatic carbocycles. The smallest absolute Gasteiger partial charge is 0.412 e. The highest BCUT2D eigenvalue weighted by Crippen LogP contribution is 2.44. The topological polar surface area (TPSA) is 120 Å². The van der Waals surface area contributed by atoms with Gasteiger partial charge in [-0.05, 0) is 46.7 Å². The number of carbonyl (C=O) groups is 2. The standard InChI is InChI=1S/C28H29N3O6/c1-18(2)15-19(16-29-27(32)37-21-13-11-20(12-14-21)31(34)35)30-28(33)36-17-26-24-9-5-3-7-22(24)23-8-4-6-10-25(23)26/h3-14,18-19,26H,15-17H2,1-2H3,(H,29,32)(H,30,33)/t19-/m0/s1. The average Bonchev–Trinajstić information content (AvgIpc) is 3.20. The Morgan fingerprint density at radius 3 is 2.08 bits per heavy atom. The van der Waals surface area contributed by atoms with Crippen molar-refractivity contribution in [3.63, 3.8) is 0 Å². The zero-order chi connectivity index (χ0) is 26.4. The average molecular weight is 504 g/mol. The molecule has 0 aromatic heterocycles. The van der Waals surface area contributed by atoms with Crippen LogP contribution in [0, 0.1) is 16.0 Å². The second-order valence-corrected chi connectivity index (χ2v) is 9.32. The van der Waals surface area contributed by atoms with Crippen LogP contribution >= 0.6 is 0 Å². The number of nitro benzene ring substituents is 1. The minimum atomic E-state index is -0.725. The van der Waals surface area contributed by atoms with Crippen LogP contribution in [0.15, 0.2) is 72.8 Å². The fourth-order valence-electron chi connectivity index (χ4n) is 4.55. The number of benzene rings is 3. The van der Waals surface area contributed by atoms with Crippen LogP contribution < -0.4 is 15.4 Å². The van der Waals surface area contributed by atoms with E-state index in [0.717, 1.165) is 22.3 Å². The monoisotopic (exact) mass is 503 g/mol. The van der Waals surface area contributed by atoms with Crippen molar-refractivity contribution in [2.24, 2.45) is 5.92 Å². The Balaban J connectivity index is 1.31. The van der Waals surface area contributed by atoms with Gasteiger partial charge < -0.3 is 20.1 Å². The molecule has 2 N–H and O–H groups in total. The van der Waals surface area contributed by atoms with E-state index in [9.17, 15) is 19.7 Å². The number of hydrogen-bond acceptors (Lipinski definition) is 6. The lowest BCUT2D eigenvalue weighted by atomic mass is 9.98. The number of nitrogens with zero attached hydrogens (tertiary/aromatic N) is 1. The minimum Gasteiger partial charge on any atom is -0.449 e. The molecule has 9 heteroatoms. The molecule has 0 radical (unpaired) electrons. The highest BCUT2D eigenvalue weighted by molar-refractivity contribution is 5.79. The van der Waals surface area contributed by atoms with Crippen LogP contribution in [-0.4, -0.2) is 36.3 Å². The Hall–Kier alpha value is -4.40. The Kier molecular flexibility index (Phi) is 8.02. The Morgan fingerprint density at radius 2 is 1.51 bits per heavy atom. The predicted molar refractivity (Wildman–Crippen MR) is 139 cm³/mol. The number of amides is 2. The summed E-state index contributed by atoms with van der Waals surface area (Å²) in [6.45, 7) is 4.36. The van der Waals surface area contributed by atoms with Gasteiger partial charge in [0.25, 0.3) is 5.69 Å². The quantitative estimate of drug-likeness (QED) is 0.288. The minimum absolute atomic E-state index is 0.0449. The number of carbonyl (C=O) groups excluding carboxylic acids is 2. The molecule has 0 spiro atoms. The normalized spacial score (nSPS) is 12.8. The zero-order valence-electron chi connectivity index (χ0n) is 20.7. The molecule has 0 fully saturated rings. The van der Waals surface area contributed by atoms with Crippen LogP contribution in [-0.2, 0) is 4.74 Å². The molecule has 0 saturated heterocycles. The van der Waals surface area contributed by atoms with Crippen molar-refractivity contribution in [2.45, 2.75) is 32.2 Å². The molecular formula is C28H29N3O6. The first-order chi connectivity index (χ1) is 17.8. The number of alkyl carbamates (subject to hydrolysis) is 1. The third kappa shape index (κ3) is 6.43. The maximum atomic E-state index is 12.7. The highest BCUT2D eigenvalue weighted by atomic mass is 16.6. The largest absolute Gasteiger partial charge is 0.449 e. The van der Waals surface area contributed by atoms with E-state index in [4.69, 9.17) is 9.47 Å². The Bertz CT molecular complexity index is 1230. The maximum absolute atomic E-state index is 12.7. The van der Waals surface area contributed by atoms with Crippen LogP contribution in [0.5, 0.6) is 5.75 Å². The summed E-state index contributed by atoms with van der Waals surface area (Å²) in [4.78, 5) is 35.2. The van der Waals surface area contributed by atoms with Gasteiger partial charge in [0, 0.05) is 30.6 Å². The fourth-order valence-corrected chi connectivity index (χ4v) is 4.55. The third-order valence-corrected chi connectivity index (χ3v) is 6.17. The van der Waals surface area contributed by atoms with Gasteiger partial charge in [-0.1, -0.05) is 62.4 Å². The van der Waals surface area contributed by atoms with Crippen LogP contribution in [0.4, 0.5) is 15.3 Å². The Labute approximate surface area is 214 Å². The van der Waals surface area contributed by atoms with Crippen molar-refractivity contribution in [3.8, 4) is 16.9 Å². The molecule has 1 aliphatic rings. The molecule has 4 rings (SSSR count). The van der Waals surface area contributed by atoms with Crippen molar-refractivity contribution in [2.75, 3.05) is 13.2 Å². The molecule has 2 amide bonds. The number of nitrogens with one attached hydrogen (secondary N) is 2. The van der Waals surface area contributed by atoms with Crippen molar-refractivity contribution in [1.82, 2.24) is 10.6 Å². The fraction of sp³-hybridized carbons (Fsp3) is 0.286. The molecule has 0 aliphatic heterocycles. The van der Waals surface area contributed by atoms with Gasteiger partial charge in [-0.25, -0.2) is 9.59 Å². The molecule has 9 nitrogen and oxygen atoms in total. The van der Waals surface area contributed by atoms with Crippen molar-refractivity contribution in [1.29, 1.82) is 0 Å². The zero-order valence-corrected chi connectivity index (χ0v) is 20.7. The molecular weight excluding hydrogens is 474 g/mol. The second kappa shape index (κ2) is 11.6. The molecule has 3 aromatic carbocycles. The molecule has 0 saturated carbocycles. The van der Waals surface area contributed by atoms with E-state index in [1.165, 1.54) is 24.3 Å². The van der Waals surface area contributed by atoms with Gasteiger partial charge in [0.15, 0.2) is 0 Å². The van der Waals surface area contributed by atoms with Crippen molar-refractivity contribution in [3.05, 3.63) is 94.0 Å². The first kappa shape index (κ1) is 25.7. The van der Waals surface area contributed by atoms with E-state index in [0.29, 0.717) is 6.42 Å². The summed E-state index contributed by atoms with van der Waals surface area (Å²) in [5.41, 5.74) is 4.47. The number of rotatable bonds is 9. The van der Waals surface area contributed by atoms with Crippen LogP contribution in [0.2, 0.25) is 0 Å². The summed E-state index contributed by atoms with van der Waals surface area (Å²) >= 11 is 0. The summed E-state index contributed by atoms with van der Waals surface area (Å²) in [5, 5.41) is 16.2. The van der Waals surface area contributed by atoms with E-state index in [-0.39, 0.29) is 42.5 Å². The van der Waals surface area contributed by atoms with E-state index in [1.54, 1.807) is 0 Å². The van der Waals surface area contributed by atoms with E-state index in [1.807, 2.05) is 38.1 Å². The van der Waals surface area contributed by atoms with Crippen LogP contribution in [0.25, 0.3) is 11.1 Å². The van der Waals surface area contributed by atoms with E-state index >= 15 is 0 Å². The SMILES string of the molecule is CC(C)C[C@@H](CNC(=O)Oc1ccc([N+](=O)[O-])cc1)NC(=O)OCC1c2ccccc2-c2ccccc21. The lowest BCUT2D eigenvalue weighted by Gasteiger charge is -2.22. The number of nitro groups is 1. The van der Waals surface area contributed by atoms with E-state index < -0.39 is 17.1 Å². The Morgan fingerprint density at radius 1 is 0.919 bits per heavy atom. The number of fused-ring (bicyclic) bond motifs is 3. The maximum Gasteiger partial charge on any atom is 0.412 e. The van der Waals surface area contributed by atoms with Gasteiger partial charge in [-0.2, -0.15) is 0 Å². The summed E-state index contributed by atoms with van der Waals surface area (Å²) in [6.07, 6.45) is -0.669. The predicted octanol–water partition coefficient (Wildman–Crippen LogP) is 5.64. The van der Waals surface area contributed by atoms with Gasteiger partial charge in [0.1, 0.15) is 12.4 Å². The lowest BCUT2D eigenvalue weighted by Crippen LogP contribution is -2.45. The molecule has 0 heterocycles. The molecule has 37 heavy (non-hydrogen) atoms. The molecule has 0 unspecified atom stereocenters. The first-order valence-corrected chi connectivity index (χ1v) is 12.1.